The van der Waals surface area contributed by atoms with E-state index in [1.54, 1.807) is 0 Å². The third-order valence-corrected chi connectivity index (χ3v) is 4.37. The first-order valence-corrected chi connectivity index (χ1v) is 6.38. The fourth-order valence-electron chi connectivity index (χ4n) is 2.50. The van der Waals surface area contributed by atoms with E-state index in [2.05, 4.69) is 31.5 Å². The molecule has 2 N–H and O–H groups in total. The predicted octanol–water partition coefficient (Wildman–Crippen LogP) is 2.48. The average Bonchev–Trinajstić information content (AvgIpc) is 2.64. The highest BCUT2D eigenvalue weighted by molar-refractivity contribution is 9.10. The molecule has 3 rings (SSSR count). The molecule has 0 saturated heterocycles. The minimum Gasteiger partial charge on any atom is -0.329 e. The SMILES string of the molecule is NCC1(c2ncc3c(Br)cccn23)CCC1. The van der Waals surface area contributed by atoms with Crippen LogP contribution in [0.25, 0.3) is 5.52 Å². The van der Waals surface area contributed by atoms with Crippen molar-refractivity contribution < 1.29 is 0 Å². The van der Waals surface area contributed by atoms with Crippen molar-refractivity contribution in [3.63, 3.8) is 0 Å². The first-order valence-electron chi connectivity index (χ1n) is 5.59. The molecule has 0 amide bonds. The molecule has 0 radical (unpaired) electrons. The zero-order valence-electron chi connectivity index (χ0n) is 8.99. The van der Waals surface area contributed by atoms with E-state index < -0.39 is 0 Å². The lowest BCUT2D eigenvalue weighted by atomic mass is 9.68. The molecule has 84 valence electrons. The lowest BCUT2D eigenvalue weighted by molar-refractivity contribution is 0.237. The van der Waals surface area contributed by atoms with Crippen LogP contribution in [0.15, 0.2) is 29.0 Å². The number of pyridine rings is 1. The standard InChI is InChI=1S/C12H14BrN3/c13-9-3-1-6-16-10(9)7-15-11(16)12(8-14)4-2-5-12/h1,3,6-7H,2,4-5,8,14H2. The van der Waals surface area contributed by atoms with Gasteiger partial charge in [-0.05, 0) is 40.9 Å². The Balaban J connectivity index is 2.21. The number of halogens is 1. The molecule has 2 aromatic rings. The van der Waals surface area contributed by atoms with E-state index in [1.807, 2.05) is 18.3 Å². The highest BCUT2D eigenvalue weighted by atomic mass is 79.9. The van der Waals surface area contributed by atoms with E-state index in [0.717, 1.165) is 28.7 Å². The van der Waals surface area contributed by atoms with Crippen LogP contribution in [0.4, 0.5) is 0 Å². The smallest absolute Gasteiger partial charge is 0.120 e. The van der Waals surface area contributed by atoms with Crippen LogP contribution in [-0.2, 0) is 5.41 Å². The minimum atomic E-state index is 0.118. The van der Waals surface area contributed by atoms with Gasteiger partial charge >= 0.3 is 0 Å². The van der Waals surface area contributed by atoms with E-state index in [4.69, 9.17) is 5.73 Å². The molecule has 0 unspecified atom stereocenters. The molecule has 1 aliphatic carbocycles. The molecule has 0 spiro atoms. The van der Waals surface area contributed by atoms with Gasteiger partial charge in [0.05, 0.1) is 11.7 Å². The summed E-state index contributed by atoms with van der Waals surface area (Å²) in [6.07, 6.45) is 7.58. The number of aromatic nitrogens is 2. The predicted molar refractivity (Wildman–Crippen MR) is 67.5 cm³/mol. The van der Waals surface area contributed by atoms with Gasteiger partial charge in [0.25, 0.3) is 0 Å². The zero-order chi connectivity index (χ0) is 11.2. The van der Waals surface area contributed by atoms with Crippen molar-refractivity contribution in [1.29, 1.82) is 0 Å². The Morgan fingerprint density at radius 3 is 2.94 bits per heavy atom. The van der Waals surface area contributed by atoms with Crippen LogP contribution < -0.4 is 5.73 Å². The molecule has 0 bridgehead atoms. The number of imidazole rings is 1. The quantitative estimate of drug-likeness (QED) is 0.918. The summed E-state index contributed by atoms with van der Waals surface area (Å²) >= 11 is 3.55. The largest absolute Gasteiger partial charge is 0.329 e. The summed E-state index contributed by atoms with van der Waals surface area (Å²) in [6.45, 7) is 0.693. The molecule has 0 aliphatic heterocycles. The molecule has 2 aromatic heterocycles. The molecular formula is C12H14BrN3. The second-order valence-corrected chi connectivity index (χ2v) is 5.39. The maximum Gasteiger partial charge on any atom is 0.120 e. The lowest BCUT2D eigenvalue weighted by Gasteiger charge is -2.39. The third kappa shape index (κ3) is 1.26. The van der Waals surface area contributed by atoms with E-state index in [-0.39, 0.29) is 5.41 Å². The van der Waals surface area contributed by atoms with Gasteiger partial charge in [-0.3, -0.25) is 0 Å². The summed E-state index contributed by atoms with van der Waals surface area (Å²) in [4.78, 5) is 4.57. The first kappa shape index (κ1) is 10.3. The van der Waals surface area contributed by atoms with Crippen molar-refractivity contribution in [2.45, 2.75) is 24.7 Å². The number of hydrogen-bond acceptors (Lipinski definition) is 2. The van der Waals surface area contributed by atoms with Gasteiger partial charge in [0.1, 0.15) is 5.82 Å². The molecule has 1 fully saturated rings. The van der Waals surface area contributed by atoms with Gasteiger partial charge in [-0.15, -0.1) is 0 Å². The van der Waals surface area contributed by atoms with Gasteiger partial charge in [-0.25, -0.2) is 4.98 Å². The molecule has 1 aliphatic rings. The monoisotopic (exact) mass is 279 g/mol. The Bertz CT molecular complexity index is 523. The summed E-state index contributed by atoms with van der Waals surface area (Å²) in [5.41, 5.74) is 7.16. The molecular weight excluding hydrogens is 266 g/mol. The van der Waals surface area contributed by atoms with Gasteiger partial charge in [-0.1, -0.05) is 6.42 Å². The molecule has 0 aromatic carbocycles. The lowest BCUT2D eigenvalue weighted by Crippen LogP contribution is -2.43. The van der Waals surface area contributed by atoms with Crippen LogP contribution >= 0.6 is 15.9 Å². The maximum absolute atomic E-state index is 5.92. The average molecular weight is 280 g/mol. The molecule has 2 heterocycles. The summed E-state index contributed by atoms with van der Waals surface area (Å²) in [6, 6.07) is 4.07. The van der Waals surface area contributed by atoms with E-state index in [9.17, 15) is 0 Å². The molecule has 1 saturated carbocycles. The van der Waals surface area contributed by atoms with Gasteiger partial charge in [0.2, 0.25) is 0 Å². The Hall–Kier alpha value is -0.870. The van der Waals surface area contributed by atoms with Crippen molar-refractivity contribution in [3.8, 4) is 0 Å². The first-order chi connectivity index (χ1) is 7.77. The Morgan fingerprint density at radius 1 is 1.50 bits per heavy atom. The summed E-state index contributed by atoms with van der Waals surface area (Å²) in [5, 5.41) is 0. The van der Waals surface area contributed by atoms with Crippen molar-refractivity contribution in [3.05, 3.63) is 34.8 Å². The van der Waals surface area contributed by atoms with Crippen molar-refractivity contribution in [2.24, 2.45) is 5.73 Å². The number of fused-ring (bicyclic) bond motifs is 1. The van der Waals surface area contributed by atoms with Gasteiger partial charge < -0.3 is 10.1 Å². The second-order valence-electron chi connectivity index (χ2n) is 4.53. The number of nitrogens with zero attached hydrogens (tertiary/aromatic N) is 2. The number of hydrogen-bond donors (Lipinski definition) is 1. The maximum atomic E-state index is 5.92. The van der Waals surface area contributed by atoms with Crippen LogP contribution in [0.5, 0.6) is 0 Å². The molecule has 3 nitrogen and oxygen atoms in total. The van der Waals surface area contributed by atoms with Crippen LogP contribution in [0.3, 0.4) is 0 Å². The molecule has 0 atom stereocenters. The highest BCUT2D eigenvalue weighted by Crippen LogP contribution is 2.42. The number of rotatable bonds is 2. The fraction of sp³-hybridized carbons (Fsp3) is 0.417. The number of nitrogens with two attached hydrogens (primary N) is 1. The van der Waals surface area contributed by atoms with Gasteiger partial charge in [0, 0.05) is 22.6 Å². The summed E-state index contributed by atoms with van der Waals surface area (Å²) in [5.74, 6) is 1.12. The normalized spacial score (nSPS) is 18.6. The van der Waals surface area contributed by atoms with Crippen LogP contribution in [0, 0.1) is 0 Å². The Morgan fingerprint density at radius 2 is 2.31 bits per heavy atom. The van der Waals surface area contributed by atoms with Crippen molar-refractivity contribution >= 4 is 21.4 Å². The fourth-order valence-corrected chi connectivity index (χ4v) is 2.95. The van der Waals surface area contributed by atoms with Crippen molar-refractivity contribution in [2.75, 3.05) is 6.54 Å². The van der Waals surface area contributed by atoms with E-state index in [0.29, 0.717) is 6.54 Å². The van der Waals surface area contributed by atoms with Crippen LogP contribution in [0.2, 0.25) is 0 Å². The minimum absolute atomic E-state index is 0.118. The third-order valence-electron chi connectivity index (χ3n) is 3.69. The Labute approximate surface area is 103 Å². The highest BCUT2D eigenvalue weighted by Gasteiger charge is 2.40. The van der Waals surface area contributed by atoms with Crippen LogP contribution in [0.1, 0.15) is 25.1 Å². The zero-order valence-corrected chi connectivity index (χ0v) is 10.6. The topological polar surface area (TPSA) is 43.3 Å². The molecule has 4 heteroatoms. The Kier molecular flexibility index (Phi) is 2.30. The van der Waals surface area contributed by atoms with Crippen LogP contribution in [-0.4, -0.2) is 15.9 Å². The second kappa shape index (κ2) is 3.57. The molecule has 16 heavy (non-hydrogen) atoms. The van der Waals surface area contributed by atoms with Gasteiger partial charge in [0.15, 0.2) is 0 Å². The van der Waals surface area contributed by atoms with Gasteiger partial charge in [-0.2, -0.15) is 0 Å². The van der Waals surface area contributed by atoms with E-state index in [1.165, 1.54) is 6.42 Å². The van der Waals surface area contributed by atoms with Crippen molar-refractivity contribution in [1.82, 2.24) is 9.38 Å². The summed E-state index contributed by atoms with van der Waals surface area (Å²) < 4.78 is 3.25. The van der Waals surface area contributed by atoms with E-state index >= 15 is 0 Å². The summed E-state index contributed by atoms with van der Waals surface area (Å²) in [7, 11) is 0.